The van der Waals surface area contributed by atoms with E-state index in [0.29, 0.717) is 27.1 Å². The Morgan fingerprint density at radius 3 is 2.54 bits per heavy atom. The summed E-state index contributed by atoms with van der Waals surface area (Å²) in [5, 5.41) is 0.862. The predicted molar refractivity (Wildman–Crippen MR) is 111 cm³/mol. The van der Waals surface area contributed by atoms with Crippen molar-refractivity contribution in [3.05, 3.63) is 34.6 Å². The Bertz CT molecular complexity index is 854. The van der Waals surface area contributed by atoms with Gasteiger partial charge in [-0.15, -0.1) is 0 Å². The second kappa shape index (κ2) is 7.67. The zero-order valence-corrected chi connectivity index (χ0v) is 17.5. The summed E-state index contributed by atoms with van der Waals surface area (Å²) in [4.78, 5) is 11.4. The van der Waals surface area contributed by atoms with Gasteiger partial charge in [-0.05, 0) is 31.9 Å². The molecule has 1 aromatic carbocycles. The highest BCUT2D eigenvalue weighted by Gasteiger charge is 2.47. The van der Waals surface area contributed by atoms with E-state index in [2.05, 4.69) is 21.8 Å². The topological polar surface area (TPSA) is 73.5 Å². The molecule has 2 aliphatic heterocycles. The van der Waals surface area contributed by atoms with Crippen LogP contribution in [-0.4, -0.2) is 48.9 Å². The van der Waals surface area contributed by atoms with E-state index in [9.17, 15) is 0 Å². The van der Waals surface area contributed by atoms with Crippen LogP contribution < -0.4 is 15.4 Å². The summed E-state index contributed by atoms with van der Waals surface area (Å²) in [5.74, 6) is 1.46. The van der Waals surface area contributed by atoms with Crippen LogP contribution in [0, 0.1) is 5.41 Å². The van der Waals surface area contributed by atoms with Crippen LogP contribution in [0.5, 0.6) is 5.75 Å². The second-order valence-corrected chi connectivity index (χ2v) is 8.37. The van der Waals surface area contributed by atoms with Crippen molar-refractivity contribution in [1.29, 1.82) is 0 Å². The molecule has 1 aromatic heterocycles. The minimum Gasteiger partial charge on any atom is -0.496 e. The molecule has 0 unspecified atom stereocenters. The average molecular weight is 423 g/mol. The largest absolute Gasteiger partial charge is 0.496 e. The summed E-state index contributed by atoms with van der Waals surface area (Å²) in [6, 6.07) is 3.58. The van der Waals surface area contributed by atoms with Crippen LogP contribution >= 0.6 is 23.2 Å². The Balaban J connectivity index is 1.52. The van der Waals surface area contributed by atoms with E-state index in [0.717, 1.165) is 38.4 Å². The molecule has 0 aliphatic carbocycles. The first kappa shape index (κ1) is 19.7. The van der Waals surface area contributed by atoms with Crippen LogP contribution in [0.15, 0.2) is 24.5 Å². The van der Waals surface area contributed by atoms with Gasteiger partial charge in [-0.1, -0.05) is 23.2 Å². The lowest BCUT2D eigenvalue weighted by Gasteiger charge is -2.41. The lowest BCUT2D eigenvalue weighted by molar-refractivity contribution is 0.0974. The van der Waals surface area contributed by atoms with Crippen LogP contribution in [-0.2, 0) is 4.74 Å². The number of nitrogens with two attached hydrogens (primary N) is 1. The number of nitrogens with zero attached hydrogens (tertiary/aromatic N) is 3. The van der Waals surface area contributed by atoms with E-state index >= 15 is 0 Å². The summed E-state index contributed by atoms with van der Waals surface area (Å²) in [5.41, 5.74) is 7.77. The molecule has 2 fully saturated rings. The fraction of sp³-hybridized carbons (Fsp3) is 0.500. The van der Waals surface area contributed by atoms with Crippen molar-refractivity contribution in [2.75, 3.05) is 31.7 Å². The number of piperidine rings is 1. The highest BCUT2D eigenvalue weighted by molar-refractivity contribution is 6.44. The Morgan fingerprint density at radius 1 is 1.21 bits per heavy atom. The normalized spacial score (nSPS) is 24.0. The molecule has 4 rings (SSSR count). The lowest BCUT2D eigenvalue weighted by atomic mass is 9.73. The second-order valence-electron chi connectivity index (χ2n) is 7.59. The summed E-state index contributed by atoms with van der Waals surface area (Å²) in [7, 11) is 1.59. The van der Waals surface area contributed by atoms with E-state index in [1.165, 1.54) is 0 Å². The maximum absolute atomic E-state index is 6.40. The van der Waals surface area contributed by atoms with Crippen molar-refractivity contribution in [2.45, 2.75) is 31.9 Å². The molecule has 28 heavy (non-hydrogen) atoms. The molecular weight excluding hydrogens is 399 g/mol. The molecule has 2 atom stereocenters. The molecule has 0 amide bonds. The van der Waals surface area contributed by atoms with Gasteiger partial charge in [0, 0.05) is 24.5 Å². The summed E-state index contributed by atoms with van der Waals surface area (Å²) >= 11 is 12.5. The van der Waals surface area contributed by atoms with Crippen molar-refractivity contribution in [1.82, 2.24) is 9.97 Å². The van der Waals surface area contributed by atoms with Gasteiger partial charge in [-0.3, -0.25) is 4.98 Å². The minimum atomic E-state index is 0.0883. The van der Waals surface area contributed by atoms with Gasteiger partial charge >= 0.3 is 0 Å². The van der Waals surface area contributed by atoms with Gasteiger partial charge < -0.3 is 20.1 Å². The third-order valence-corrected chi connectivity index (χ3v) is 6.90. The number of benzene rings is 1. The maximum Gasteiger partial charge on any atom is 0.147 e. The van der Waals surface area contributed by atoms with E-state index in [4.69, 9.17) is 38.4 Å². The Labute approximate surface area is 174 Å². The number of ether oxygens (including phenoxy) is 2. The van der Waals surface area contributed by atoms with Gasteiger partial charge in [0.05, 0.1) is 53.5 Å². The van der Waals surface area contributed by atoms with Gasteiger partial charge in [0.25, 0.3) is 0 Å². The highest BCUT2D eigenvalue weighted by Crippen LogP contribution is 2.42. The first-order chi connectivity index (χ1) is 13.4. The smallest absolute Gasteiger partial charge is 0.147 e. The quantitative estimate of drug-likeness (QED) is 0.810. The number of methoxy groups -OCH3 is 1. The Hall–Kier alpha value is -1.60. The zero-order valence-electron chi connectivity index (χ0n) is 16.0. The van der Waals surface area contributed by atoms with E-state index in [1.807, 2.05) is 0 Å². The molecule has 150 valence electrons. The third-order valence-electron chi connectivity index (χ3n) is 6.10. The fourth-order valence-electron chi connectivity index (χ4n) is 4.21. The number of aromatic nitrogens is 2. The molecule has 8 heteroatoms. The van der Waals surface area contributed by atoms with Crippen molar-refractivity contribution in [3.8, 4) is 17.0 Å². The molecule has 1 spiro atoms. The molecule has 2 aromatic rings. The predicted octanol–water partition coefficient (Wildman–Crippen LogP) is 3.79. The number of rotatable bonds is 3. The van der Waals surface area contributed by atoms with Crippen molar-refractivity contribution >= 4 is 29.0 Å². The minimum absolute atomic E-state index is 0.0883. The molecule has 0 saturated carbocycles. The van der Waals surface area contributed by atoms with Crippen LogP contribution in [0.1, 0.15) is 19.8 Å². The maximum atomic E-state index is 6.40. The molecule has 0 bridgehead atoms. The highest BCUT2D eigenvalue weighted by atomic mass is 35.5. The van der Waals surface area contributed by atoms with E-state index < -0.39 is 0 Å². The number of hydrogen-bond donors (Lipinski definition) is 1. The molecular formula is C20H24Cl2N4O2. The first-order valence-corrected chi connectivity index (χ1v) is 10.2. The first-order valence-electron chi connectivity index (χ1n) is 9.42. The standard InChI is InChI=1S/C20H24Cl2N4O2/c1-12-19(23)20(11-28-12)5-7-26(8-6-20)16-10-24-14(9-25-16)17-15(27-2)4-3-13(21)18(17)22/h3-4,9-10,12,19H,5-8,11,23H2,1-2H3/t12-,19+/m0/s1. The van der Waals surface area contributed by atoms with Gasteiger partial charge in [0.1, 0.15) is 11.6 Å². The van der Waals surface area contributed by atoms with Crippen molar-refractivity contribution in [2.24, 2.45) is 11.1 Å². The lowest BCUT2D eigenvalue weighted by Crippen LogP contribution is -2.50. The molecule has 0 radical (unpaired) electrons. The van der Waals surface area contributed by atoms with E-state index in [1.54, 1.807) is 31.6 Å². The number of hydrogen-bond acceptors (Lipinski definition) is 6. The molecule has 6 nitrogen and oxygen atoms in total. The average Bonchev–Trinajstić information content (AvgIpc) is 2.99. The number of halogens is 2. The monoisotopic (exact) mass is 422 g/mol. The van der Waals surface area contributed by atoms with Crippen molar-refractivity contribution in [3.63, 3.8) is 0 Å². The zero-order chi connectivity index (χ0) is 19.9. The SMILES string of the molecule is COc1ccc(Cl)c(Cl)c1-c1cnc(N2CCC3(CC2)CO[C@@H](C)[C@H]3N)cn1. The van der Waals surface area contributed by atoms with Crippen LogP contribution in [0.25, 0.3) is 11.3 Å². The van der Waals surface area contributed by atoms with Gasteiger partial charge in [0.2, 0.25) is 0 Å². The molecule has 2 N–H and O–H groups in total. The summed E-state index contributed by atoms with van der Waals surface area (Å²) in [6.07, 6.45) is 5.61. The molecule has 2 aliphatic rings. The Morgan fingerprint density at radius 2 is 1.96 bits per heavy atom. The third kappa shape index (κ3) is 3.32. The van der Waals surface area contributed by atoms with Crippen LogP contribution in [0.4, 0.5) is 5.82 Å². The van der Waals surface area contributed by atoms with Gasteiger partial charge in [0.15, 0.2) is 0 Å². The number of anilines is 1. The molecule has 3 heterocycles. The summed E-state index contributed by atoms with van der Waals surface area (Å²) < 4.78 is 11.2. The fourth-order valence-corrected chi connectivity index (χ4v) is 4.62. The molecule has 2 saturated heterocycles. The Kier molecular flexibility index (Phi) is 5.40. The summed E-state index contributed by atoms with van der Waals surface area (Å²) in [6.45, 7) is 4.59. The van der Waals surface area contributed by atoms with Crippen LogP contribution in [0.3, 0.4) is 0 Å². The van der Waals surface area contributed by atoms with Crippen molar-refractivity contribution < 1.29 is 9.47 Å². The van der Waals surface area contributed by atoms with Gasteiger partial charge in [-0.2, -0.15) is 0 Å². The van der Waals surface area contributed by atoms with Crippen LogP contribution in [0.2, 0.25) is 10.0 Å². The van der Waals surface area contributed by atoms with Gasteiger partial charge in [-0.25, -0.2) is 4.98 Å². The van der Waals surface area contributed by atoms with E-state index in [-0.39, 0.29) is 17.6 Å².